The second kappa shape index (κ2) is 6.07. The normalized spacial score (nSPS) is 19.9. The zero-order valence-corrected chi connectivity index (χ0v) is 10.9. The first kappa shape index (κ1) is 12.5. The molecule has 1 amide bonds. The van der Waals surface area contributed by atoms with Gasteiger partial charge in [0, 0.05) is 6.54 Å². The Morgan fingerprint density at radius 3 is 2.88 bits per heavy atom. The number of amides is 1. The summed E-state index contributed by atoms with van der Waals surface area (Å²) >= 11 is 1.83. The summed E-state index contributed by atoms with van der Waals surface area (Å²) in [5.74, 6) is 1.32. The second-order valence-corrected chi connectivity index (χ2v) is 5.14. The molecule has 1 saturated heterocycles. The van der Waals surface area contributed by atoms with E-state index < -0.39 is 0 Å². The molecule has 0 aliphatic carbocycles. The van der Waals surface area contributed by atoms with E-state index >= 15 is 0 Å². The number of carbonyl (C=O) groups excluding carboxylic acids is 1. The Morgan fingerprint density at radius 1 is 1.41 bits per heavy atom. The van der Waals surface area contributed by atoms with Gasteiger partial charge in [-0.05, 0) is 24.0 Å². The lowest BCUT2D eigenvalue weighted by Gasteiger charge is -2.14. The summed E-state index contributed by atoms with van der Waals surface area (Å²) in [6.45, 7) is 1.53. The fourth-order valence-corrected chi connectivity index (χ4v) is 2.46. The van der Waals surface area contributed by atoms with Crippen LogP contribution in [-0.2, 0) is 4.79 Å². The Hall–Kier alpha value is -1.00. The third kappa shape index (κ3) is 3.01. The highest BCUT2D eigenvalue weighted by Crippen LogP contribution is 2.20. The Labute approximate surface area is 107 Å². The molecule has 0 bridgehead atoms. The van der Waals surface area contributed by atoms with Crippen LogP contribution < -0.4 is 5.32 Å². The molecule has 1 aromatic carbocycles. The molecule has 0 aromatic heterocycles. The summed E-state index contributed by atoms with van der Waals surface area (Å²) in [5, 5.41) is 3.27. The van der Waals surface area contributed by atoms with E-state index in [1.807, 2.05) is 47.0 Å². The van der Waals surface area contributed by atoms with Crippen molar-refractivity contribution in [3.05, 3.63) is 35.9 Å². The van der Waals surface area contributed by atoms with Crippen LogP contribution >= 0.6 is 11.8 Å². The first-order chi connectivity index (χ1) is 8.33. The predicted octanol–water partition coefficient (Wildman–Crippen LogP) is 1.87. The Kier molecular flexibility index (Phi) is 4.45. The fourth-order valence-electron chi connectivity index (χ4n) is 2.04. The molecule has 0 saturated carbocycles. The molecule has 1 fully saturated rings. The molecule has 2 rings (SSSR count). The summed E-state index contributed by atoms with van der Waals surface area (Å²) in [4.78, 5) is 14.1. The van der Waals surface area contributed by atoms with Crippen LogP contribution in [0.15, 0.2) is 30.3 Å². The molecule has 1 aliphatic heterocycles. The highest BCUT2D eigenvalue weighted by atomic mass is 32.2. The molecule has 1 aromatic rings. The summed E-state index contributed by atoms with van der Waals surface area (Å²) in [6, 6.07) is 9.77. The van der Waals surface area contributed by atoms with Crippen molar-refractivity contribution in [3.8, 4) is 0 Å². The van der Waals surface area contributed by atoms with E-state index in [1.54, 1.807) is 0 Å². The number of nitrogens with zero attached hydrogens (tertiary/aromatic N) is 1. The maximum Gasteiger partial charge on any atom is 0.245 e. The van der Waals surface area contributed by atoms with Crippen molar-refractivity contribution < 1.29 is 4.79 Å². The first-order valence-corrected chi connectivity index (χ1v) is 7.28. The van der Waals surface area contributed by atoms with Gasteiger partial charge in [-0.1, -0.05) is 30.3 Å². The molecule has 4 heteroatoms. The lowest BCUT2D eigenvalue weighted by molar-refractivity contribution is -0.129. The van der Waals surface area contributed by atoms with Crippen molar-refractivity contribution >= 4 is 17.7 Å². The largest absolute Gasteiger partial charge is 0.328 e. The van der Waals surface area contributed by atoms with E-state index in [1.165, 1.54) is 0 Å². The minimum Gasteiger partial charge on any atom is -0.328 e. The van der Waals surface area contributed by atoms with Gasteiger partial charge in [-0.2, -0.15) is 11.8 Å². The standard InChI is InChI=1S/C13H18N2OS/c1-17-9-5-8-15-10-14-12(13(15)16)11-6-3-2-4-7-11/h2-4,6-7,12,14H,5,8-10H2,1H3. The third-order valence-electron chi connectivity index (χ3n) is 2.95. The van der Waals surface area contributed by atoms with Gasteiger partial charge in [0.25, 0.3) is 0 Å². The SMILES string of the molecule is CSCCCN1CNC(c2ccccc2)C1=O. The summed E-state index contributed by atoms with van der Waals surface area (Å²) in [6.07, 6.45) is 3.16. The van der Waals surface area contributed by atoms with Crippen LogP contribution in [0.5, 0.6) is 0 Å². The van der Waals surface area contributed by atoms with Crippen molar-refractivity contribution in [2.24, 2.45) is 0 Å². The zero-order valence-electron chi connectivity index (χ0n) is 10.1. The molecule has 0 radical (unpaired) electrons. The second-order valence-electron chi connectivity index (χ2n) is 4.15. The van der Waals surface area contributed by atoms with Gasteiger partial charge in [0.1, 0.15) is 6.04 Å². The van der Waals surface area contributed by atoms with Crippen LogP contribution in [0.1, 0.15) is 18.0 Å². The number of thioether (sulfide) groups is 1. The van der Waals surface area contributed by atoms with E-state index in [0.717, 1.165) is 24.3 Å². The molecule has 1 atom stereocenters. The number of benzene rings is 1. The monoisotopic (exact) mass is 250 g/mol. The van der Waals surface area contributed by atoms with Crippen LogP contribution in [-0.4, -0.2) is 36.0 Å². The van der Waals surface area contributed by atoms with Crippen LogP contribution in [0.2, 0.25) is 0 Å². The van der Waals surface area contributed by atoms with E-state index in [4.69, 9.17) is 0 Å². The topological polar surface area (TPSA) is 32.3 Å². The lowest BCUT2D eigenvalue weighted by atomic mass is 10.1. The van der Waals surface area contributed by atoms with Gasteiger partial charge in [-0.15, -0.1) is 0 Å². The van der Waals surface area contributed by atoms with Gasteiger partial charge in [-0.3, -0.25) is 10.1 Å². The average Bonchev–Trinajstić information content (AvgIpc) is 2.73. The number of hydrogen-bond acceptors (Lipinski definition) is 3. The molecule has 1 heterocycles. The number of carbonyl (C=O) groups is 1. The van der Waals surface area contributed by atoms with Gasteiger partial charge in [0.2, 0.25) is 5.91 Å². The number of nitrogens with one attached hydrogen (secondary N) is 1. The lowest BCUT2D eigenvalue weighted by Crippen LogP contribution is -2.28. The van der Waals surface area contributed by atoms with E-state index in [9.17, 15) is 4.79 Å². The molecule has 17 heavy (non-hydrogen) atoms. The van der Waals surface area contributed by atoms with E-state index in [0.29, 0.717) is 6.67 Å². The average molecular weight is 250 g/mol. The highest BCUT2D eigenvalue weighted by molar-refractivity contribution is 7.98. The van der Waals surface area contributed by atoms with Gasteiger partial charge >= 0.3 is 0 Å². The van der Waals surface area contributed by atoms with Crippen molar-refractivity contribution in [1.29, 1.82) is 0 Å². The van der Waals surface area contributed by atoms with Gasteiger partial charge in [0.15, 0.2) is 0 Å². The molecule has 1 unspecified atom stereocenters. The van der Waals surface area contributed by atoms with Crippen LogP contribution in [0.4, 0.5) is 0 Å². The Balaban J connectivity index is 1.94. The molecule has 1 aliphatic rings. The zero-order chi connectivity index (χ0) is 12.1. The number of hydrogen-bond donors (Lipinski definition) is 1. The van der Waals surface area contributed by atoms with Gasteiger partial charge in [-0.25, -0.2) is 0 Å². The van der Waals surface area contributed by atoms with Gasteiger partial charge in [0.05, 0.1) is 6.67 Å². The summed E-state index contributed by atoms with van der Waals surface area (Å²) in [7, 11) is 0. The molecule has 3 nitrogen and oxygen atoms in total. The van der Waals surface area contributed by atoms with Gasteiger partial charge < -0.3 is 4.90 Å². The quantitative estimate of drug-likeness (QED) is 0.810. The highest BCUT2D eigenvalue weighted by Gasteiger charge is 2.31. The van der Waals surface area contributed by atoms with Crippen molar-refractivity contribution in [1.82, 2.24) is 10.2 Å². The summed E-state index contributed by atoms with van der Waals surface area (Å²) < 4.78 is 0. The van der Waals surface area contributed by atoms with Crippen molar-refractivity contribution in [2.75, 3.05) is 25.2 Å². The molecule has 92 valence electrons. The smallest absolute Gasteiger partial charge is 0.245 e. The predicted molar refractivity (Wildman–Crippen MR) is 71.9 cm³/mol. The first-order valence-electron chi connectivity index (χ1n) is 5.89. The van der Waals surface area contributed by atoms with E-state index in [-0.39, 0.29) is 11.9 Å². The molecule has 1 N–H and O–H groups in total. The fraction of sp³-hybridized carbons (Fsp3) is 0.462. The van der Waals surface area contributed by atoms with E-state index in [2.05, 4.69) is 11.6 Å². The third-order valence-corrected chi connectivity index (χ3v) is 3.65. The maximum atomic E-state index is 12.2. The van der Waals surface area contributed by atoms with Crippen LogP contribution in [0.25, 0.3) is 0 Å². The molecular formula is C13H18N2OS. The van der Waals surface area contributed by atoms with Crippen molar-refractivity contribution in [2.45, 2.75) is 12.5 Å². The molecular weight excluding hydrogens is 232 g/mol. The van der Waals surface area contributed by atoms with Crippen molar-refractivity contribution in [3.63, 3.8) is 0 Å². The van der Waals surface area contributed by atoms with Crippen LogP contribution in [0.3, 0.4) is 0 Å². The Morgan fingerprint density at radius 2 is 2.18 bits per heavy atom. The maximum absolute atomic E-state index is 12.2. The minimum atomic E-state index is -0.148. The molecule has 0 spiro atoms. The Bertz CT molecular complexity index is 369. The number of rotatable bonds is 5. The summed E-state index contributed by atoms with van der Waals surface area (Å²) in [5.41, 5.74) is 1.06. The van der Waals surface area contributed by atoms with Crippen LogP contribution in [0, 0.1) is 0 Å². The minimum absolute atomic E-state index is 0.148.